The monoisotopic (exact) mass is 402 g/mol. The molecule has 8 heteroatoms. The van der Waals surface area contributed by atoms with Crippen molar-refractivity contribution in [3.05, 3.63) is 40.2 Å². The van der Waals surface area contributed by atoms with Gasteiger partial charge in [0.2, 0.25) is 5.91 Å². The van der Waals surface area contributed by atoms with Crippen molar-refractivity contribution < 1.29 is 25.5 Å². The van der Waals surface area contributed by atoms with E-state index in [1.54, 1.807) is 17.0 Å². The maximum absolute atomic E-state index is 12.9. The lowest BCUT2D eigenvalue weighted by molar-refractivity contribution is -0.408. The van der Waals surface area contributed by atoms with Crippen molar-refractivity contribution in [2.24, 2.45) is 0 Å². The van der Waals surface area contributed by atoms with Crippen LogP contribution in [0.2, 0.25) is 0 Å². The molecule has 1 aromatic carbocycles. The second-order valence-corrected chi connectivity index (χ2v) is 7.68. The van der Waals surface area contributed by atoms with Crippen LogP contribution in [-0.2, 0) is 9.59 Å². The van der Waals surface area contributed by atoms with Gasteiger partial charge >= 0.3 is 5.63 Å². The SMILES string of the molecule is Cc1cc(=O)oc2cc(NC(=O)[C@@H]3CCCN3C(=O)[C@@H]([NH3+])CCCC[NH3+])ccc12. The van der Waals surface area contributed by atoms with Crippen molar-refractivity contribution in [2.45, 2.75) is 51.1 Å². The van der Waals surface area contributed by atoms with Crippen molar-refractivity contribution in [1.82, 2.24) is 4.90 Å². The van der Waals surface area contributed by atoms with Crippen LogP contribution in [0, 0.1) is 6.92 Å². The molecule has 1 saturated heterocycles. The van der Waals surface area contributed by atoms with Gasteiger partial charge in [-0.3, -0.25) is 9.59 Å². The molecule has 156 valence electrons. The molecule has 1 fully saturated rings. The predicted molar refractivity (Wildman–Crippen MR) is 109 cm³/mol. The van der Waals surface area contributed by atoms with Crippen LogP contribution in [0.4, 0.5) is 5.69 Å². The number of benzene rings is 1. The molecule has 2 aromatic rings. The maximum Gasteiger partial charge on any atom is 0.336 e. The lowest BCUT2D eigenvalue weighted by atomic mass is 10.1. The third kappa shape index (κ3) is 4.83. The lowest BCUT2D eigenvalue weighted by Crippen LogP contribution is -2.68. The van der Waals surface area contributed by atoms with Gasteiger partial charge in [0.05, 0.1) is 6.54 Å². The van der Waals surface area contributed by atoms with Crippen LogP contribution < -0.4 is 22.4 Å². The molecule has 3 rings (SSSR count). The Balaban J connectivity index is 1.70. The number of anilines is 1. The van der Waals surface area contributed by atoms with E-state index in [0.717, 1.165) is 36.8 Å². The number of nitrogens with one attached hydrogen (secondary N) is 1. The van der Waals surface area contributed by atoms with Gasteiger partial charge in [0.15, 0.2) is 6.04 Å². The Hall–Kier alpha value is -2.71. The van der Waals surface area contributed by atoms with Gasteiger partial charge in [-0.15, -0.1) is 0 Å². The van der Waals surface area contributed by atoms with E-state index in [1.807, 2.05) is 13.0 Å². The number of likely N-dealkylation sites (tertiary alicyclic amines) is 1. The first-order chi connectivity index (χ1) is 13.9. The number of quaternary nitrogens is 2. The molecule has 0 aliphatic carbocycles. The highest BCUT2D eigenvalue weighted by Crippen LogP contribution is 2.23. The van der Waals surface area contributed by atoms with Gasteiger partial charge in [0, 0.05) is 36.2 Å². The summed E-state index contributed by atoms with van der Waals surface area (Å²) in [5.74, 6) is -0.290. The molecule has 1 aliphatic heterocycles. The van der Waals surface area contributed by atoms with Crippen molar-refractivity contribution in [3.8, 4) is 0 Å². The van der Waals surface area contributed by atoms with Crippen LogP contribution in [0.5, 0.6) is 0 Å². The zero-order valence-electron chi connectivity index (χ0n) is 16.9. The summed E-state index contributed by atoms with van der Waals surface area (Å²) in [4.78, 5) is 38.9. The minimum Gasteiger partial charge on any atom is -0.423 e. The first kappa shape index (κ1) is 21.0. The van der Waals surface area contributed by atoms with Gasteiger partial charge in [-0.2, -0.15) is 0 Å². The number of hydrogen-bond donors (Lipinski definition) is 3. The number of hydrogen-bond acceptors (Lipinski definition) is 4. The minimum atomic E-state index is -0.500. The Labute approximate surface area is 169 Å². The molecule has 2 atom stereocenters. The Bertz CT molecular complexity index is 955. The number of amides is 2. The average molecular weight is 402 g/mol. The number of fused-ring (bicyclic) bond motifs is 1. The van der Waals surface area contributed by atoms with Crippen LogP contribution in [0.3, 0.4) is 0 Å². The van der Waals surface area contributed by atoms with Crippen molar-refractivity contribution in [3.63, 3.8) is 0 Å². The Kier molecular flexibility index (Phi) is 6.66. The zero-order valence-corrected chi connectivity index (χ0v) is 16.9. The molecule has 0 radical (unpaired) electrons. The summed E-state index contributed by atoms with van der Waals surface area (Å²) in [5, 5.41) is 3.69. The summed E-state index contributed by atoms with van der Waals surface area (Å²) in [7, 11) is 0. The molecule has 1 aliphatic rings. The van der Waals surface area contributed by atoms with E-state index in [4.69, 9.17) is 4.42 Å². The zero-order chi connectivity index (χ0) is 21.0. The van der Waals surface area contributed by atoms with Crippen molar-refractivity contribution in [2.75, 3.05) is 18.4 Å². The number of carbonyl (C=O) groups is 2. The highest BCUT2D eigenvalue weighted by molar-refractivity contribution is 5.99. The van der Waals surface area contributed by atoms with E-state index >= 15 is 0 Å². The fourth-order valence-electron chi connectivity index (χ4n) is 3.86. The number of nitrogens with zero attached hydrogens (tertiary/aromatic N) is 1. The molecular weight excluding hydrogens is 372 g/mol. The van der Waals surface area contributed by atoms with Gasteiger partial charge in [0.1, 0.15) is 11.6 Å². The van der Waals surface area contributed by atoms with Crippen LogP contribution in [0.1, 0.15) is 37.7 Å². The third-order valence-corrected chi connectivity index (χ3v) is 5.46. The molecule has 1 aromatic heterocycles. The summed E-state index contributed by atoms with van der Waals surface area (Å²) in [6.07, 6.45) is 4.02. The molecule has 0 saturated carbocycles. The third-order valence-electron chi connectivity index (χ3n) is 5.46. The number of rotatable bonds is 7. The van der Waals surface area contributed by atoms with E-state index in [1.165, 1.54) is 6.07 Å². The molecule has 8 nitrogen and oxygen atoms in total. The summed E-state index contributed by atoms with van der Waals surface area (Å²) in [5.41, 5.74) is 9.18. The fraction of sp³-hybridized carbons (Fsp3) is 0.476. The minimum absolute atomic E-state index is 0.0631. The first-order valence-electron chi connectivity index (χ1n) is 10.2. The highest BCUT2D eigenvalue weighted by Gasteiger charge is 2.37. The number of aryl methyl sites for hydroxylation is 1. The first-order valence-corrected chi connectivity index (χ1v) is 10.2. The largest absolute Gasteiger partial charge is 0.423 e. The molecular formula is C21H30N4O4+2. The topological polar surface area (TPSA) is 135 Å². The number of unbranched alkanes of at least 4 members (excludes halogenated alkanes) is 1. The van der Waals surface area contributed by atoms with E-state index in [2.05, 4.69) is 16.8 Å². The van der Waals surface area contributed by atoms with Crippen LogP contribution in [0.25, 0.3) is 11.0 Å². The second kappa shape index (κ2) is 9.19. The van der Waals surface area contributed by atoms with Gasteiger partial charge in [-0.05, 0) is 50.3 Å². The van der Waals surface area contributed by atoms with E-state index < -0.39 is 11.7 Å². The van der Waals surface area contributed by atoms with Crippen LogP contribution >= 0.6 is 0 Å². The number of carbonyl (C=O) groups excluding carboxylic acids is 2. The molecule has 2 heterocycles. The predicted octanol–water partition coefficient (Wildman–Crippen LogP) is 0.0536. The van der Waals surface area contributed by atoms with Gasteiger partial charge in [-0.1, -0.05) is 0 Å². The normalized spacial score (nSPS) is 17.5. The molecule has 0 bridgehead atoms. The van der Waals surface area contributed by atoms with Gasteiger partial charge < -0.3 is 26.1 Å². The fourth-order valence-corrected chi connectivity index (χ4v) is 3.86. The quantitative estimate of drug-likeness (QED) is 0.445. The summed E-state index contributed by atoms with van der Waals surface area (Å²) in [6, 6.07) is 5.83. The Morgan fingerprint density at radius 3 is 2.86 bits per heavy atom. The molecule has 29 heavy (non-hydrogen) atoms. The maximum atomic E-state index is 12.9. The Morgan fingerprint density at radius 2 is 2.10 bits per heavy atom. The average Bonchev–Trinajstić information content (AvgIpc) is 3.17. The van der Waals surface area contributed by atoms with Crippen LogP contribution in [0.15, 0.2) is 33.5 Å². The van der Waals surface area contributed by atoms with Gasteiger partial charge in [0.25, 0.3) is 5.91 Å². The Morgan fingerprint density at radius 1 is 1.31 bits per heavy atom. The molecule has 0 spiro atoms. The molecule has 7 N–H and O–H groups in total. The molecule has 2 amide bonds. The lowest BCUT2D eigenvalue weighted by Gasteiger charge is -2.25. The smallest absolute Gasteiger partial charge is 0.336 e. The summed E-state index contributed by atoms with van der Waals surface area (Å²) < 4.78 is 5.24. The summed E-state index contributed by atoms with van der Waals surface area (Å²) >= 11 is 0. The standard InChI is InChI=1S/C21H28N4O4/c1-13-11-19(26)29-18-12-14(7-8-15(13)18)24-20(27)17-6-4-10-25(17)21(28)16(23)5-2-3-9-22/h7-8,11-12,16-17H,2-6,9-10,22-23H2,1H3,(H,24,27)/p+2/t16-,17-/m0/s1. The van der Waals surface area contributed by atoms with E-state index in [0.29, 0.717) is 30.7 Å². The molecule has 0 unspecified atom stereocenters. The highest BCUT2D eigenvalue weighted by atomic mass is 16.4. The van der Waals surface area contributed by atoms with Crippen molar-refractivity contribution in [1.29, 1.82) is 0 Å². The summed E-state index contributed by atoms with van der Waals surface area (Å²) in [6.45, 7) is 3.26. The van der Waals surface area contributed by atoms with Gasteiger partial charge in [-0.25, -0.2) is 4.79 Å². The second-order valence-electron chi connectivity index (χ2n) is 7.68. The van der Waals surface area contributed by atoms with Crippen molar-refractivity contribution >= 4 is 28.5 Å². The van der Waals surface area contributed by atoms with E-state index in [9.17, 15) is 14.4 Å². The van der Waals surface area contributed by atoms with E-state index in [-0.39, 0.29) is 17.9 Å². The van der Waals surface area contributed by atoms with Crippen LogP contribution in [-0.4, -0.2) is 41.9 Å².